The molecule has 0 saturated carbocycles. The standard InChI is InChI=1S/C15H12F3NO/c1-9-8-12(19)6-7-13(9)14(20)10-2-4-11(5-3-10)15(16,17)18/h2-8H,19H2,1H3. The third-order valence-electron chi connectivity index (χ3n) is 2.97. The molecule has 2 nitrogen and oxygen atoms in total. The van der Waals surface area contributed by atoms with Gasteiger partial charge in [-0.05, 0) is 42.8 Å². The lowest BCUT2D eigenvalue weighted by Crippen LogP contribution is -2.07. The summed E-state index contributed by atoms with van der Waals surface area (Å²) < 4.78 is 37.4. The van der Waals surface area contributed by atoms with Crippen molar-refractivity contribution in [1.82, 2.24) is 0 Å². The first-order chi connectivity index (χ1) is 9.29. The van der Waals surface area contributed by atoms with Crippen LogP contribution < -0.4 is 5.73 Å². The van der Waals surface area contributed by atoms with Gasteiger partial charge in [0, 0.05) is 16.8 Å². The molecule has 20 heavy (non-hydrogen) atoms. The maximum absolute atomic E-state index is 12.5. The predicted octanol–water partition coefficient (Wildman–Crippen LogP) is 3.83. The van der Waals surface area contributed by atoms with Crippen LogP contribution in [0.3, 0.4) is 0 Å². The summed E-state index contributed by atoms with van der Waals surface area (Å²) in [5, 5.41) is 0. The number of alkyl halides is 3. The van der Waals surface area contributed by atoms with E-state index in [1.807, 2.05) is 0 Å². The van der Waals surface area contributed by atoms with Crippen LogP contribution in [-0.4, -0.2) is 5.78 Å². The summed E-state index contributed by atoms with van der Waals surface area (Å²) in [4.78, 5) is 12.2. The summed E-state index contributed by atoms with van der Waals surface area (Å²) in [6.07, 6.45) is -4.40. The fourth-order valence-electron chi connectivity index (χ4n) is 1.91. The number of ketones is 1. The molecule has 0 aliphatic carbocycles. The number of carbonyl (C=O) groups excluding carboxylic acids is 1. The topological polar surface area (TPSA) is 43.1 Å². The molecule has 0 bridgehead atoms. The molecular formula is C15H12F3NO. The number of nitrogens with two attached hydrogens (primary N) is 1. The fourth-order valence-corrected chi connectivity index (χ4v) is 1.91. The van der Waals surface area contributed by atoms with Crippen molar-refractivity contribution in [2.75, 3.05) is 5.73 Å². The zero-order valence-corrected chi connectivity index (χ0v) is 10.7. The second-order valence-electron chi connectivity index (χ2n) is 4.48. The Bertz CT molecular complexity index is 645. The first-order valence-electron chi connectivity index (χ1n) is 5.87. The van der Waals surface area contributed by atoms with Crippen molar-refractivity contribution < 1.29 is 18.0 Å². The van der Waals surface area contributed by atoms with E-state index in [-0.39, 0.29) is 11.3 Å². The van der Waals surface area contributed by atoms with Gasteiger partial charge in [-0.2, -0.15) is 13.2 Å². The molecule has 0 spiro atoms. The summed E-state index contributed by atoms with van der Waals surface area (Å²) >= 11 is 0. The zero-order chi connectivity index (χ0) is 14.9. The van der Waals surface area contributed by atoms with Crippen molar-refractivity contribution in [3.63, 3.8) is 0 Å². The third kappa shape index (κ3) is 2.82. The van der Waals surface area contributed by atoms with Gasteiger partial charge >= 0.3 is 6.18 Å². The number of rotatable bonds is 2. The van der Waals surface area contributed by atoms with Crippen LogP contribution in [0.4, 0.5) is 18.9 Å². The smallest absolute Gasteiger partial charge is 0.399 e. The number of anilines is 1. The van der Waals surface area contributed by atoms with Crippen LogP contribution in [0.15, 0.2) is 42.5 Å². The molecule has 0 radical (unpaired) electrons. The van der Waals surface area contributed by atoms with Crippen LogP contribution in [0.1, 0.15) is 27.0 Å². The van der Waals surface area contributed by atoms with E-state index in [2.05, 4.69) is 0 Å². The van der Waals surface area contributed by atoms with E-state index in [0.717, 1.165) is 12.1 Å². The zero-order valence-electron chi connectivity index (χ0n) is 10.7. The van der Waals surface area contributed by atoms with Gasteiger partial charge in [0.2, 0.25) is 0 Å². The Balaban J connectivity index is 2.34. The quantitative estimate of drug-likeness (QED) is 0.670. The van der Waals surface area contributed by atoms with Crippen LogP contribution in [0.2, 0.25) is 0 Å². The SMILES string of the molecule is Cc1cc(N)ccc1C(=O)c1ccc(C(F)(F)F)cc1. The van der Waals surface area contributed by atoms with Gasteiger partial charge in [-0.25, -0.2) is 0 Å². The minimum Gasteiger partial charge on any atom is -0.399 e. The molecule has 5 heteroatoms. The lowest BCUT2D eigenvalue weighted by atomic mass is 9.98. The molecule has 0 saturated heterocycles. The van der Waals surface area contributed by atoms with Crippen molar-refractivity contribution in [3.05, 3.63) is 64.7 Å². The lowest BCUT2D eigenvalue weighted by Gasteiger charge is -2.09. The van der Waals surface area contributed by atoms with Crippen LogP contribution in [0.25, 0.3) is 0 Å². The van der Waals surface area contributed by atoms with Gasteiger partial charge in [0.1, 0.15) is 0 Å². The van der Waals surface area contributed by atoms with Gasteiger partial charge in [-0.15, -0.1) is 0 Å². The molecule has 0 atom stereocenters. The van der Waals surface area contributed by atoms with Crippen molar-refractivity contribution >= 4 is 11.5 Å². The van der Waals surface area contributed by atoms with Crippen molar-refractivity contribution in [2.24, 2.45) is 0 Å². The largest absolute Gasteiger partial charge is 0.416 e. The molecule has 0 aromatic heterocycles. The highest BCUT2D eigenvalue weighted by atomic mass is 19.4. The minimum atomic E-state index is -4.40. The molecule has 2 N–H and O–H groups in total. The minimum absolute atomic E-state index is 0.214. The number of carbonyl (C=O) groups is 1. The Kier molecular flexibility index (Phi) is 3.53. The highest BCUT2D eigenvalue weighted by Gasteiger charge is 2.30. The number of nitrogen functional groups attached to an aromatic ring is 1. The Morgan fingerprint density at radius 2 is 1.65 bits per heavy atom. The average molecular weight is 279 g/mol. The molecule has 104 valence electrons. The van der Waals surface area contributed by atoms with Gasteiger partial charge < -0.3 is 5.73 Å². The van der Waals surface area contributed by atoms with Gasteiger partial charge in [0.25, 0.3) is 0 Å². The molecule has 2 aromatic rings. The van der Waals surface area contributed by atoms with Crippen molar-refractivity contribution in [3.8, 4) is 0 Å². The molecule has 0 unspecified atom stereocenters. The van der Waals surface area contributed by atoms with Gasteiger partial charge in [0.15, 0.2) is 5.78 Å². The number of aryl methyl sites for hydroxylation is 1. The van der Waals surface area contributed by atoms with E-state index in [9.17, 15) is 18.0 Å². The maximum atomic E-state index is 12.5. The van der Waals surface area contributed by atoms with E-state index in [4.69, 9.17) is 5.73 Å². The Morgan fingerprint density at radius 3 is 2.15 bits per heavy atom. The summed E-state index contributed by atoms with van der Waals surface area (Å²) in [5.41, 5.74) is 6.69. The number of hydrogen-bond acceptors (Lipinski definition) is 2. The fraction of sp³-hybridized carbons (Fsp3) is 0.133. The summed E-state index contributed by atoms with van der Waals surface area (Å²) in [5.74, 6) is -0.323. The summed E-state index contributed by atoms with van der Waals surface area (Å²) in [6, 6.07) is 8.98. The molecule has 0 aliphatic rings. The highest BCUT2D eigenvalue weighted by Crippen LogP contribution is 2.29. The van der Waals surface area contributed by atoms with E-state index < -0.39 is 11.7 Å². The molecule has 0 amide bonds. The van der Waals surface area contributed by atoms with Crippen LogP contribution in [0.5, 0.6) is 0 Å². The monoisotopic (exact) mass is 279 g/mol. The number of halogens is 3. The Morgan fingerprint density at radius 1 is 1.05 bits per heavy atom. The van der Waals surface area contributed by atoms with Gasteiger partial charge in [-0.1, -0.05) is 12.1 Å². The van der Waals surface area contributed by atoms with E-state index in [1.165, 1.54) is 12.1 Å². The second kappa shape index (κ2) is 5.00. The lowest BCUT2D eigenvalue weighted by molar-refractivity contribution is -0.137. The van der Waals surface area contributed by atoms with Crippen molar-refractivity contribution in [2.45, 2.75) is 13.1 Å². The molecule has 0 fully saturated rings. The molecule has 2 aromatic carbocycles. The summed E-state index contributed by atoms with van der Waals surface area (Å²) in [7, 11) is 0. The molecular weight excluding hydrogens is 267 g/mol. The highest BCUT2D eigenvalue weighted by molar-refractivity contribution is 6.10. The average Bonchev–Trinajstić information content (AvgIpc) is 2.37. The van der Waals surface area contributed by atoms with E-state index in [0.29, 0.717) is 16.8 Å². The predicted molar refractivity (Wildman–Crippen MR) is 70.5 cm³/mol. The third-order valence-corrected chi connectivity index (χ3v) is 2.97. The van der Waals surface area contributed by atoms with Crippen LogP contribution in [-0.2, 0) is 6.18 Å². The molecule has 0 heterocycles. The first-order valence-corrected chi connectivity index (χ1v) is 5.87. The Hall–Kier alpha value is -2.30. The Labute approximate surface area is 114 Å². The number of benzene rings is 2. The normalized spacial score (nSPS) is 11.4. The maximum Gasteiger partial charge on any atom is 0.416 e. The second-order valence-corrected chi connectivity index (χ2v) is 4.48. The molecule has 0 aliphatic heterocycles. The number of hydrogen-bond donors (Lipinski definition) is 1. The first kappa shape index (κ1) is 14.1. The van der Waals surface area contributed by atoms with Gasteiger partial charge in [-0.3, -0.25) is 4.79 Å². The van der Waals surface area contributed by atoms with E-state index in [1.54, 1.807) is 25.1 Å². The van der Waals surface area contributed by atoms with Crippen LogP contribution in [0, 0.1) is 6.92 Å². The van der Waals surface area contributed by atoms with Gasteiger partial charge in [0.05, 0.1) is 5.56 Å². The van der Waals surface area contributed by atoms with E-state index >= 15 is 0 Å². The van der Waals surface area contributed by atoms with Crippen molar-refractivity contribution in [1.29, 1.82) is 0 Å². The molecule has 2 rings (SSSR count). The van der Waals surface area contributed by atoms with Crippen LogP contribution >= 0.6 is 0 Å². The summed E-state index contributed by atoms with van der Waals surface area (Å²) in [6.45, 7) is 1.73.